The molecular weight excluding hydrogens is 345 g/mol. The van der Waals surface area contributed by atoms with Crippen molar-refractivity contribution in [2.45, 2.75) is 0 Å². The zero-order valence-corrected chi connectivity index (χ0v) is 13.1. The van der Waals surface area contributed by atoms with Gasteiger partial charge in [-0.2, -0.15) is 0 Å². The van der Waals surface area contributed by atoms with Gasteiger partial charge in [0.2, 0.25) is 0 Å². The number of benzene rings is 2. The van der Waals surface area contributed by atoms with Crippen LogP contribution < -0.4 is 11.1 Å². The number of H-pyrrole nitrogens is 1. The maximum atomic E-state index is 12.5. The molecule has 0 saturated carbocycles. The number of hydrogen-bond acceptors (Lipinski definition) is 2. The van der Waals surface area contributed by atoms with Gasteiger partial charge in [-0.1, -0.05) is 0 Å². The Morgan fingerprint density at radius 2 is 1.64 bits per heavy atom. The van der Waals surface area contributed by atoms with Crippen molar-refractivity contribution >= 4 is 24.4 Å². The molecule has 2 aromatic heterocycles. The molecule has 0 atom stereocenters. The molecule has 0 spiro atoms. The molecule has 4 aromatic rings. The van der Waals surface area contributed by atoms with Crippen LogP contribution in [0.3, 0.4) is 0 Å². The van der Waals surface area contributed by atoms with Crippen molar-refractivity contribution in [1.29, 1.82) is 0 Å². The van der Waals surface area contributed by atoms with Crippen LogP contribution in [0.4, 0.5) is 0 Å². The van der Waals surface area contributed by atoms with Crippen LogP contribution in [0.25, 0.3) is 21.2 Å². The molecule has 2 aromatic carbocycles. The van der Waals surface area contributed by atoms with Crippen molar-refractivity contribution in [1.82, 2.24) is 13.3 Å². The van der Waals surface area contributed by atoms with Gasteiger partial charge >= 0.3 is 131 Å². The third kappa shape index (κ3) is 2.01. The maximum absolute atomic E-state index is 12.5. The first-order chi connectivity index (χ1) is 10.7. The Morgan fingerprint density at radius 3 is 2.41 bits per heavy atom. The molecule has 6 heteroatoms. The molecular formula is C16H11N3O2Se. The van der Waals surface area contributed by atoms with Gasteiger partial charge in [0.1, 0.15) is 0 Å². The minimum absolute atomic E-state index is 0.0583. The van der Waals surface area contributed by atoms with Crippen molar-refractivity contribution in [2.75, 3.05) is 0 Å². The number of para-hydroxylation sites is 1. The summed E-state index contributed by atoms with van der Waals surface area (Å²) >= 11 is -0.153. The number of fused-ring (bicyclic) bond motifs is 1. The molecule has 22 heavy (non-hydrogen) atoms. The summed E-state index contributed by atoms with van der Waals surface area (Å²) in [6, 6.07) is 18.3. The third-order valence-corrected chi connectivity index (χ3v) is 5.73. The zero-order valence-electron chi connectivity index (χ0n) is 11.4. The fourth-order valence-electron chi connectivity index (χ4n) is 2.39. The molecule has 1 N–H and O–H groups in total. The first-order valence-corrected chi connectivity index (χ1v) is 8.35. The number of rotatable bonds is 2. The summed E-state index contributed by atoms with van der Waals surface area (Å²) in [4.78, 5) is 24.6. The van der Waals surface area contributed by atoms with Crippen LogP contribution in [-0.4, -0.2) is 28.1 Å². The number of nitrogens with zero attached hydrogens (tertiary/aromatic N) is 2. The molecule has 0 aliphatic carbocycles. The Labute approximate surface area is 131 Å². The van der Waals surface area contributed by atoms with Crippen molar-refractivity contribution < 1.29 is 0 Å². The van der Waals surface area contributed by atoms with E-state index in [-0.39, 0.29) is 25.9 Å². The third-order valence-electron chi connectivity index (χ3n) is 3.43. The molecule has 0 radical (unpaired) electrons. The summed E-state index contributed by atoms with van der Waals surface area (Å²) in [6.07, 6.45) is 0. The normalized spacial score (nSPS) is 11.1. The first-order valence-electron chi connectivity index (χ1n) is 6.73. The average Bonchev–Trinajstić information content (AvgIpc) is 3.09. The predicted molar refractivity (Wildman–Crippen MR) is 86.4 cm³/mol. The fourth-order valence-corrected chi connectivity index (χ4v) is 4.41. The van der Waals surface area contributed by atoms with E-state index >= 15 is 0 Å². The van der Waals surface area contributed by atoms with Gasteiger partial charge in [-0.05, 0) is 0 Å². The number of hydrogen-bond donors (Lipinski definition) is 1. The molecule has 4 rings (SSSR count). The Balaban J connectivity index is 1.92. The minimum atomic E-state index is -0.180. The summed E-state index contributed by atoms with van der Waals surface area (Å²) in [5.41, 5.74) is 0.508. The molecule has 0 amide bonds. The second-order valence-corrected chi connectivity index (χ2v) is 6.91. The molecule has 2 heterocycles. The van der Waals surface area contributed by atoms with E-state index in [0.29, 0.717) is 5.82 Å². The van der Waals surface area contributed by atoms with E-state index in [1.54, 1.807) is 3.56 Å². The van der Waals surface area contributed by atoms with Crippen LogP contribution in [0.5, 0.6) is 0 Å². The second kappa shape index (κ2) is 5.02. The Kier molecular flexibility index (Phi) is 2.99. The van der Waals surface area contributed by atoms with E-state index in [9.17, 15) is 9.59 Å². The van der Waals surface area contributed by atoms with Crippen LogP contribution >= 0.6 is 0 Å². The van der Waals surface area contributed by atoms with Crippen molar-refractivity contribution in [3.05, 3.63) is 81.4 Å². The van der Waals surface area contributed by atoms with Gasteiger partial charge in [-0.3, -0.25) is 0 Å². The summed E-state index contributed by atoms with van der Waals surface area (Å²) in [5.74, 6) is 0.537. The summed E-state index contributed by atoms with van der Waals surface area (Å²) < 4.78 is 4.13. The standard InChI is InChI=1S/C16H11N3O2Se/c20-15-10-14(17-18(15)11-6-2-1-3-7-11)19-16(21)12-8-4-5-9-13(12)22-19/h1-10,17H. The zero-order chi connectivity index (χ0) is 15.1. The molecule has 0 unspecified atom stereocenters. The fraction of sp³-hybridized carbons (Fsp3) is 0. The average molecular weight is 356 g/mol. The van der Waals surface area contributed by atoms with Gasteiger partial charge in [0, 0.05) is 0 Å². The van der Waals surface area contributed by atoms with E-state index in [2.05, 4.69) is 5.10 Å². The Morgan fingerprint density at radius 1 is 0.909 bits per heavy atom. The van der Waals surface area contributed by atoms with E-state index in [1.165, 1.54) is 10.7 Å². The molecule has 0 aliphatic heterocycles. The van der Waals surface area contributed by atoms with Crippen LogP contribution in [0.1, 0.15) is 0 Å². The van der Waals surface area contributed by atoms with Crippen molar-refractivity contribution in [3.63, 3.8) is 0 Å². The summed E-state index contributed by atoms with van der Waals surface area (Å²) in [7, 11) is 0. The van der Waals surface area contributed by atoms with Crippen LogP contribution in [-0.2, 0) is 0 Å². The van der Waals surface area contributed by atoms with Crippen molar-refractivity contribution in [3.8, 4) is 11.5 Å². The molecule has 108 valence electrons. The van der Waals surface area contributed by atoms with E-state index in [1.807, 2.05) is 54.6 Å². The molecule has 5 nitrogen and oxygen atoms in total. The van der Waals surface area contributed by atoms with Gasteiger partial charge in [0.05, 0.1) is 0 Å². The second-order valence-electron chi connectivity index (χ2n) is 4.84. The SMILES string of the molecule is O=c1cc(-n2[se]c3ccccc3c2=O)[nH]n1-c1ccccc1. The van der Waals surface area contributed by atoms with Crippen molar-refractivity contribution in [2.24, 2.45) is 0 Å². The van der Waals surface area contributed by atoms with Gasteiger partial charge in [-0.25, -0.2) is 0 Å². The van der Waals surface area contributed by atoms with E-state index in [4.69, 9.17) is 0 Å². The summed E-state index contributed by atoms with van der Waals surface area (Å²) in [5, 5.41) is 3.75. The predicted octanol–water partition coefficient (Wildman–Crippen LogP) is 1.53. The molecule has 0 aliphatic rings. The number of aromatic amines is 1. The van der Waals surface area contributed by atoms with E-state index < -0.39 is 0 Å². The molecule has 0 saturated heterocycles. The summed E-state index contributed by atoms with van der Waals surface area (Å²) in [6.45, 7) is 0. The van der Waals surface area contributed by atoms with Crippen LogP contribution in [0, 0.1) is 0 Å². The Hall–Kier alpha value is -2.56. The number of aromatic nitrogens is 3. The van der Waals surface area contributed by atoms with Gasteiger partial charge in [0.25, 0.3) is 0 Å². The van der Waals surface area contributed by atoms with Gasteiger partial charge in [0.15, 0.2) is 0 Å². The Bertz CT molecular complexity index is 1070. The monoisotopic (exact) mass is 357 g/mol. The van der Waals surface area contributed by atoms with Gasteiger partial charge < -0.3 is 0 Å². The quantitative estimate of drug-likeness (QED) is 0.554. The van der Waals surface area contributed by atoms with E-state index in [0.717, 1.165) is 15.3 Å². The first kappa shape index (κ1) is 13.1. The molecule has 0 bridgehead atoms. The van der Waals surface area contributed by atoms with Crippen LogP contribution in [0.2, 0.25) is 0 Å². The molecule has 0 fully saturated rings. The number of nitrogens with one attached hydrogen (secondary N) is 1. The topological polar surface area (TPSA) is 59.8 Å². The van der Waals surface area contributed by atoms with Crippen LogP contribution in [0.15, 0.2) is 70.3 Å². The van der Waals surface area contributed by atoms with Gasteiger partial charge in [-0.15, -0.1) is 0 Å².